The number of aryl methyl sites for hydroxylation is 1. The number of halogens is 1. The Bertz CT molecular complexity index is 887. The van der Waals surface area contributed by atoms with Crippen molar-refractivity contribution in [1.82, 2.24) is 9.88 Å². The van der Waals surface area contributed by atoms with Crippen molar-refractivity contribution in [2.75, 3.05) is 20.2 Å². The molecule has 142 valence electrons. The molecule has 0 aliphatic carbocycles. The monoisotopic (exact) mass is 366 g/mol. The lowest BCUT2D eigenvalue weighted by Gasteiger charge is -2.24. The molecule has 0 saturated carbocycles. The van der Waals surface area contributed by atoms with Crippen molar-refractivity contribution in [3.8, 4) is 5.75 Å². The number of likely N-dealkylation sites (tertiary alicyclic amines) is 1. The predicted molar refractivity (Wildman–Crippen MR) is 108 cm³/mol. The maximum Gasteiger partial charge on any atom is 0.123 e. The van der Waals surface area contributed by atoms with Crippen molar-refractivity contribution in [2.24, 2.45) is 0 Å². The Hall–Kier alpha value is -2.33. The number of aromatic nitrogens is 1. The van der Waals surface area contributed by atoms with Crippen LogP contribution in [0.4, 0.5) is 4.39 Å². The molecular formula is C23H27FN2O. The largest absolute Gasteiger partial charge is 0.497 e. The number of hydrogen-bond acceptors (Lipinski definition) is 2. The van der Waals surface area contributed by atoms with E-state index < -0.39 is 0 Å². The van der Waals surface area contributed by atoms with Crippen LogP contribution in [0.25, 0.3) is 10.9 Å². The van der Waals surface area contributed by atoms with E-state index in [1.54, 1.807) is 19.2 Å². The molecule has 3 aromatic rings. The molecule has 27 heavy (non-hydrogen) atoms. The molecule has 1 aliphatic rings. The van der Waals surface area contributed by atoms with E-state index in [0.717, 1.165) is 31.6 Å². The maximum absolute atomic E-state index is 13.0. The third-order valence-corrected chi connectivity index (χ3v) is 5.75. The minimum absolute atomic E-state index is 0.159. The standard InChI is InChI=1S/C23H27FN2O/c1-27-21-10-11-23-22(15-21)18(16-25-23)14-20-5-3-13-26(20)12-2-4-17-6-8-19(24)9-7-17/h6-11,15-16,20,25H,2-5,12-14H2,1H3. The van der Waals surface area contributed by atoms with Crippen LogP contribution in [0.1, 0.15) is 30.4 Å². The first kappa shape index (κ1) is 18.1. The third kappa shape index (κ3) is 4.16. The summed E-state index contributed by atoms with van der Waals surface area (Å²) in [7, 11) is 1.72. The summed E-state index contributed by atoms with van der Waals surface area (Å²) in [4.78, 5) is 6.02. The van der Waals surface area contributed by atoms with Crippen molar-refractivity contribution in [2.45, 2.75) is 38.1 Å². The van der Waals surface area contributed by atoms with Gasteiger partial charge < -0.3 is 14.6 Å². The lowest BCUT2D eigenvalue weighted by atomic mass is 10.0. The lowest BCUT2D eigenvalue weighted by Crippen LogP contribution is -2.32. The number of hydrogen-bond donors (Lipinski definition) is 1. The smallest absolute Gasteiger partial charge is 0.123 e. The highest BCUT2D eigenvalue weighted by atomic mass is 19.1. The Morgan fingerprint density at radius 3 is 2.85 bits per heavy atom. The number of H-pyrrole nitrogens is 1. The Morgan fingerprint density at radius 2 is 2.04 bits per heavy atom. The second-order valence-corrected chi connectivity index (χ2v) is 7.49. The number of aromatic amines is 1. The molecule has 1 fully saturated rings. The number of nitrogens with one attached hydrogen (secondary N) is 1. The van der Waals surface area contributed by atoms with Crippen molar-refractivity contribution in [1.29, 1.82) is 0 Å². The van der Waals surface area contributed by atoms with E-state index in [9.17, 15) is 4.39 Å². The highest BCUT2D eigenvalue weighted by molar-refractivity contribution is 5.84. The van der Waals surface area contributed by atoms with Gasteiger partial charge in [0.05, 0.1) is 7.11 Å². The van der Waals surface area contributed by atoms with Crippen LogP contribution in [0, 0.1) is 5.82 Å². The Kier molecular flexibility index (Phi) is 5.44. The fourth-order valence-corrected chi connectivity index (χ4v) is 4.27. The molecule has 0 spiro atoms. The maximum atomic E-state index is 13.0. The first-order valence-electron chi connectivity index (χ1n) is 9.85. The highest BCUT2D eigenvalue weighted by Gasteiger charge is 2.25. The van der Waals surface area contributed by atoms with E-state index in [2.05, 4.69) is 28.2 Å². The zero-order valence-corrected chi connectivity index (χ0v) is 15.9. The van der Waals surface area contributed by atoms with Crippen LogP contribution in [-0.2, 0) is 12.8 Å². The van der Waals surface area contributed by atoms with Gasteiger partial charge in [-0.2, -0.15) is 0 Å². The van der Waals surface area contributed by atoms with E-state index in [1.807, 2.05) is 18.2 Å². The second-order valence-electron chi connectivity index (χ2n) is 7.49. The minimum atomic E-state index is -0.159. The molecule has 1 saturated heterocycles. The molecule has 1 aliphatic heterocycles. The van der Waals surface area contributed by atoms with Crippen LogP contribution in [0.2, 0.25) is 0 Å². The highest BCUT2D eigenvalue weighted by Crippen LogP contribution is 2.28. The van der Waals surface area contributed by atoms with Crippen molar-refractivity contribution < 1.29 is 9.13 Å². The van der Waals surface area contributed by atoms with Crippen LogP contribution < -0.4 is 4.74 Å². The number of ether oxygens (including phenoxy) is 1. The zero-order chi connectivity index (χ0) is 18.6. The molecule has 0 amide bonds. The van der Waals surface area contributed by atoms with E-state index in [1.165, 1.54) is 41.4 Å². The molecule has 2 aromatic carbocycles. The van der Waals surface area contributed by atoms with Gasteiger partial charge in [0, 0.05) is 23.1 Å². The molecule has 1 N–H and O–H groups in total. The molecule has 0 radical (unpaired) electrons. The van der Waals surface area contributed by atoms with Gasteiger partial charge in [-0.3, -0.25) is 0 Å². The first-order chi connectivity index (χ1) is 13.2. The molecule has 1 unspecified atom stereocenters. The average Bonchev–Trinajstić information content (AvgIpc) is 3.30. The normalized spacial score (nSPS) is 17.6. The fraction of sp³-hybridized carbons (Fsp3) is 0.391. The number of nitrogens with zero attached hydrogens (tertiary/aromatic N) is 1. The van der Waals surface area contributed by atoms with E-state index >= 15 is 0 Å². The Labute approximate surface area is 160 Å². The summed E-state index contributed by atoms with van der Waals surface area (Å²) in [5, 5.41) is 1.27. The van der Waals surface area contributed by atoms with E-state index in [0.29, 0.717) is 6.04 Å². The Balaban J connectivity index is 1.37. The molecule has 0 bridgehead atoms. The van der Waals surface area contributed by atoms with Crippen molar-refractivity contribution >= 4 is 10.9 Å². The van der Waals surface area contributed by atoms with Crippen LogP contribution in [0.3, 0.4) is 0 Å². The first-order valence-corrected chi connectivity index (χ1v) is 9.85. The summed E-state index contributed by atoms with van der Waals surface area (Å²) in [5.74, 6) is 0.750. The van der Waals surface area contributed by atoms with Gasteiger partial charge in [-0.15, -0.1) is 0 Å². The molecule has 2 heterocycles. The SMILES string of the molecule is COc1ccc2[nH]cc(CC3CCCN3CCCc3ccc(F)cc3)c2c1. The minimum Gasteiger partial charge on any atom is -0.497 e. The summed E-state index contributed by atoms with van der Waals surface area (Å²) >= 11 is 0. The topological polar surface area (TPSA) is 28.3 Å². The van der Waals surface area contributed by atoms with Gasteiger partial charge in [-0.1, -0.05) is 12.1 Å². The van der Waals surface area contributed by atoms with Gasteiger partial charge in [0.2, 0.25) is 0 Å². The average molecular weight is 366 g/mol. The molecule has 4 heteroatoms. The second kappa shape index (κ2) is 8.13. The van der Waals surface area contributed by atoms with E-state index in [4.69, 9.17) is 4.74 Å². The molecular weight excluding hydrogens is 339 g/mol. The summed E-state index contributed by atoms with van der Waals surface area (Å²) < 4.78 is 18.4. The quantitative estimate of drug-likeness (QED) is 0.640. The number of fused-ring (bicyclic) bond motifs is 1. The lowest BCUT2D eigenvalue weighted by molar-refractivity contribution is 0.250. The van der Waals surface area contributed by atoms with Crippen molar-refractivity contribution in [3.05, 3.63) is 65.6 Å². The third-order valence-electron chi connectivity index (χ3n) is 5.75. The molecule has 3 nitrogen and oxygen atoms in total. The van der Waals surface area contributed by atoms with Crippen LogP contribution >= 0.6 is 0 Å². The summed E-state index contributed by atoms with van der Waals surface area (Å²) in [6.45, 7) is 2.29. The number of benzene rings is 2. The van der Waals surface area contributed by atoms with Gasteiger partial charge >= 0.3 is 0 Å². The summed E-state index contributed by atoms with van der Waals surface area (Å²) in [5.41, 5.74) is 3.77. The fourth-order valence-electron chi connectivity index (χ4n) is 4.27. The number of methoxy groups -OCH3 is 1. The van der Waals surface area contributed by atoms with Crippen LogP contribution in [-0.4, -0.2) is 36.1 Å². The zero-order valence-electron chi connectivity index (χ0n) is 15.9. The van der Waals surface area contributed by atoms with E-state index in [-0.39, 0.29) is 5.82 Å². The molecule has 1 aromatic heterocycles. The van der Waals surface area contributed by atoms with Crippen molar-refractivity contribution in [3.63, 3.8) is 0 Å². The van der Waals surface area contributed by atoms with Gasteiger partial charge in [0.25, 0.3) is 0 Å². The van der Waals surface area contributed by atoms with Gasteiger partial charge in [-0.05, 0) is 86.7 Å². The molecule has 1 atom stereocenters. The predicted octanol–water partition coefficient (Wildman–Crippen LogP) is 4.96. The van der Waals surface area contributed by atoms with Crippen LogP contribution in [0.5, 0.6) is 5.75 Å². The van der Waals surface area contributed by atoms with Crippen LogP contribution in [0.15, 0.2) is 48.7 Å². The Morgan fingerprint density at radius 1 is 1.19 bits per heavy atom. The summed E-state index contributed by atoms with van der Waals surface area (Å²) in [6.07, 6.45) is 7.88. The van der Waals surface area contributed by atoms with Gasteiger partial charge in [-0.25, -0.2) is 4.39 Å². The summed E-state index contributed by atoms with van der Waals surface area (Å²) in [6, 6.07) is 13.7. The van der Waals surface area contributed by atoms with Gasteiger partial charge in [0.15, 0.2) is 0 Å². The van der Waals surface area contributed by atoms with Gasteiger partial charge in [0.1, 0.15) is 11.6 Å². The molecule has 4 rings (SSSR count). The number of rotatable bonds is 7.